The second-order valence-electron chi connectivity index (χ2n) is 6.22. The third kappa shape index (κ3) is 18.4. The van der Waals surface area contributed by atoms with Gasteiger partial charge in [0, 0.05) is 27.4 Å². The summed E-state index contributed by atoms with van der Waals surface area (Å²) in [5, 5.41) is 0. The highest BCUT2D eigenvalue weighted by atomic mass is 28.4. The Bertz CT molecular complexity index is 320. The molecular formula is C20H42O9Si. The van der Waals surface area contributed by atoms with Gasteiger partial charge in [-0.3, -0.25) is 0 Å². The summed E-state index contributed by atoms with van der Waals surface area (Å²) in [5.74, 6) is 0. The van der Waals surface area contributed by atoms with Crippen molar-refractivity contribution in [3.63, 3.8) is 0 Å². The summed E-state index contributed by atoms with van der Waals surface area (Å²) in [4.78, 5) is 0. The molecule has 180 valence electrons. The average Bonchev–Trinajstić information content (AvgIpc) is 2.75. The molecule has 10 heteroatoms. The summed E-state index contributed by atoms with van der Waals surface area (Å²) in [6.45, 7) is 9.50. The number of hydrogen-bond acceptors (Lipinski definition) is 9. The lowest BCUT2D eigenvalue weighted by Crippen LogP contribution is -2.48. The smallest absolute Gasteiger partial charge is 0.382 e. The van der Waals surface area contributed by atoms with E-state index in [4.69, 9.17) is 41.7 Å². The fourth-order valence-corrected chi connectivity index (χ4v) is 4.81. The maximum absolute atomic E-state index is 6.15. The molecule has 0 amide bonds. The molecule has 0 radical (unpaired) electrons. The minimum Gasteiger partial charge on any atom is -0.382 e. The number of hydrogen-bond donors (Lipinski definition) is 0. The van der Waals surface area contributed by atoms with Gasteiger partial charge in [-0.2, -0.15) is 0 Å². The highest BCUT2D eigenvalue weighted by Crippen LogP contribution is 2.19. The third-order valence-electron chi connectivity index (χ3n) is 3.84. The lowest BCUT2D eigenvalue weighted by atomic mass is 10.3. The highest BCUT2D eigenvalue weighted by Gasteiger charge is 2.40. The van der Waals surface area contributed by atoms with Gasteiger partial charge < -0.3 is 41.7 Å². The molecule has 0 N–H and O–H groups in total. The number of methoxy groups -OCH3 is 3. The van der Waals surface area contributed by atoms with Crippen LogP contribution in [0.15, 0.2) is 12.7 Å². The van der Waals surface area contributed by atoms with Crippen LogP contribution in [-0.4, -0.2) is 109 Å². The molecule has 9 nitrogen and oxygen atoms in total. The van der Waals surface area contributed by atoms with Crippen molar-refractivity contribution in [3.05, 3.63) is 12.7 Å². The Hall–Kier alpha value is -0.403. The van der Waals surface area contributed by atoms with E-state index >= 15 is 0 Å². The molecule has 0 saturated carbocycles. The summed E-state index contributed by atoms with van der Waals surface area (Å²) in [6.07, 6.45) is 3.62. The topological polar surface area (TPSA) is 83.1 Å². The molecule has 0 aliphatic heterocycles. The van der Waals surface area contributed by atoms with Gasteiger partial charge in [0.25, 0.3) is 0 Å². The van der Waals surface area contributed by atoms with Crippen LogP contribution in [0.2, 0.25) is 6.04 Å². The van der Waals surface area contributed by atoms with E-state index in [2.05, 4.69) is 6.58 Å². The second kappa shape index (κ2) is 23.3. The Labute approximate surface area is 183 Å². The van der Waals surface area contributed by atoms with E-state index in [1.165, 1.54) is 0 Å². The molecule has 0 spiro atoms. The molecule has 0 aromatic carbocycles. The summed E-state index contributed by atoms with van der Waals surface area (Å²) < 4.78 is 49.9. The zero-order valence-corrected chi connectivity index (χ0v) is 20.1. The van der Waals surface area contributed by atoms with Gasteiger partial charge in [-0.25, -0.2) is 0 Å². The Morgan fingerprint density at radius 3 is 1.27 bits per heavy atom. The Kier molecular flexibility index (Phi) is 23.0. The van der Waals surface area contributed by atoms with Crippen molar-refractivity contribution in [2.75, 3.05) is 101 Å². The maximum Gasteiger partial charge on any atom is 0.501 e. The molecule has 0 rings (SSSR count). The molecule has 30 heavy (non-hydrogen) atoms. The first-order valence-electron chi connectivity index (χ1n) is 10.5. The largest absolute Gasteiger partial charge is 0.501 e. The normalized spacial score (nSPS) is 11.8. The van der Waals surface area contributed by atoms with Crippen molar-refractivity contribution in [1.82, 2.24) is 0 Å². The Balaban J connectivity index is 4.63. The first-order valence-corrected chi connectivity index (χ1v) is 12.4. The van der Waals surface area contributed by atoms with E-state index in [1.54, 1.807) is 21.3 Å². The zero-order valence-electron chi connectivity index (χ0n) is 19.1. The van der Waals surface area contributed by atoms with Crippen LogP contribution in [0.3, 0.4) is 0 Å². The second-order valence-corrected chi connectivity index (χ2v) is 8.96. The molecule has 0 aromatic rings. The van der Waals surface area contributed by atoms with Crippen molar-refractivity contribution in [2.45, 2.75) is 18.9 Å². The van der Waals surface area contributed by atoms with Gasteiger partial charge in [-0.05, 0) is 12.8 Å². The van der Waals surface area contributed by atoms with E-state index in [0.717, 1.165) is 12.8 Å². The quantitative estimate of drug-likeness (QED) is 0.117. The summed E-state index contributed by atoms with van der Waals surface area (Å²) in [6, 6.07) is 0.688. The van der Waals surface area contributed by atoms with Crippen LogP contribution in [0, 0.1) is 0 Å². The van der Waals surface area contributed by atoms with E-state index in [-0.39, 0.29) is 0 Å². The Morgan fingerprint density at radius 1 is 0.567 bits per heavy atom. The maximum atomic E-state index is 6.15. The first-order chi connectivity index (χ1) is 14.7. The van der Waals surface area contributed by atoms with Crippen molar-refractivity contribution in [2.24, 2.45) is 0 Å². The summed E-state index contributed by atoms with van der Waals surface area (Å²) in [5.41, 5.74) is 0. The van der Waals surface area contributed by atoms with Crippen LogP contribution in [0.1, 0.15) is 12.8 Å². The van der Waals surface area contributed by atoms with Gasteiger partial charge in [0.05, 0.1) is 79.3 Å². The number of rotatable bonds is 25. The molecule has 0 heterocycles. The lowest BCUT2D eigenvalue weighted by molar-refractivity contribution is -0.0112. The van der Waals surface area contributed by atoms with Gasteiger partial charge in [0.15, 0.2) is 0 Å². The standard InChI is InChI=1S/C20H42O9Si/c1-5-6-7-20-30(27-17-14-24-11-8-21-2,28-18-15-25-12-9-22-3)29-19-16-26-13-10-23-4/h5H,1,6-20H2,2-4H3. The average molecular weight is 455 g/mol. The van der Waals surface area contributed by atoms with Gasteiger partial charge in [-0.1, -0.05) is 6.08 Å². The highest BCUT2D eigenvalue weighted by molar-refractivity contribution is 6.60. The summed E-state index contributed by atoms with van der Waals surface area (Å²) in [7, 11) is 2.00. The van der Waals surface area contributed by atoms with Crippen LogP contribution >= 0.6 is 0 Å². The van der Waals surface area contributed by atoms with E-state index in [1.807, 2.05) is 6.08 Å². The molecule has 0 bridgehead atoms. The zero-order chi connectivity index (χ0) is 22.2. The molecular weight excluding hydrogens is 412 g/mol. The van der Waals surface area contributed by atoms with Crippen LogP contribution in [0.25, 0.3) is 0 Å². The van der Waals surface area contributed by atoms with E-state index < -0.39 is 8.80 Å². The number of ether oxygens (including phenoxy) is 6. The monoisotopic (exact) mass is 454 g/mol. The van der Waals surface area contributed by atoms with Crippen molar-refractivity contribution >= 4 is 8.80 Å². The fourth-order valence-electron chi connectivity index (χ4n) is 2.31. The van der Waals surface area contributed by atoms with Crippen molar-refractivity contribution in [3.8, 4) is 0 Å². The number of unbranched alkanes of at least 4 members (excludes halogenated alkanes) is 1. The Morgan fingerprint density at radius 2 is 0.933 bits per heavy atom. The molecule has 0 aromatic heterocycles. The predicted octanol–water partition coefficient (Wildman–Crippen LogP) is 1.93. The molecule has 0 aliphatic rings. The summed E-state index contributed by atoms with van der Waals surface area (Å²) >= 11 is 0. The van der Waals surface area contributed by atoms with Crippen LogP contribution < -0.4 is 0 Å². The fraction of sp³-hybridized carbons (Fsp3) is 0.900. The third-order valence-corrected chi connectivity index (χ3v) is 6.73. The van der Waals surface area contributed by atoms with Gasteiger partial charge in [-0.15, -0.1) is 6.58 Å². The van der Waals surface area contributed by atoms with Gasteiger partial charge in [0.1, 0.15) is 0 Å². The lowest BCUT2D eigenvalue weighted by Gasteiger charge is -2.30. The van der Waals surface area contributed by atoms with Gasteiger partial charge >= 0.3 is 8.80 Å². The molecule has 0 fully saturated rings. The molecule has 0 saturated heterocycles. The minimum absolute atomic E-state index is 0.388. The minimum atomic E-state index is -2.92. The van der Waals surface area contributed by atoms with Crippen LogP contribution in [-0.2, 0) is 41.7 Å². The van der Waals surface area contributed by atoms with E-state index in [9.17, 15) is 0 Å². The molecule has 0 atom stereocenters. The van der Waals surface area contributed by atoms with Crippen LogP contribution in [0.4, 0.5) is 0 Å². The van der Waals surface area contributed by atoms with Crippen molar-refractivity contribution in [1.29, 1.82) is 0 Å². The van der Waals surface area contributed by atoms with Crippen LogP contribution in [0.5, 0.6) is 0 Å². The van der Waals surface area contributed by atoms with Gasteiger partial charge in [0.2, 0.25) is 0 Å². The van der Waals surface area contributed by atoms with E-state index in [0.29, 0.717) is 85.3 Å². The molecule has 0 unspecified atom stereocenters. The molecule has 0 aliphatic carbocycles. The SMILES string of the molecule is C=CCCC[Si](OCCOCCOC)(OCCOCCOC)OCCOCCOC. The first kappa shape index (κ1) is 29.6. The predicted molar refractivity (Wildman–Crippen MR) is 116 cm³/mol. The number of allylic oxidation sites excluding steroid dienone is 1. The van der Waals surface area contributed by atoms with Crippen molar-refractivity contribution < 1.29 is 41.7 Å².